The molecule has 0 aromatic carbocycles. The summed E-state index contributed by atoms with van der Waals surface area (Å²) in [7, 11) is -0.219. The quantitative estimate of drug-likeness (QED) is 0.535. The Morgan fingerprint density at radius 1 is 1.57 bits per heavy atom. The summed E-state index contributed by atoms with van der Waals surface area (Å²) in [4.78, 5) is 24.2. The van der Waals surface area contributed by atoms with Crippen molar-refractivity contribution in [3.05, 3.63) is 0 Å². The first-order valence-corrected chi connectivity index (χ1v) is 6.81. The zero-order chi connectivity index (χ0) is 11.3. The number of carbonyl (C=O) groups excluding carboxylic acids is 1. The molecule has 1 aliphatic rings. The number of thiocarbonyl (C=S) groups is 1. The smallest absolute Gasteiger partial charge is 0.328 e. The monoisotopic (exact) mass is 235 g/mol. The van der Waals surface area contributed by atoms with Crippen molar-refractivity contribution in [3.63, 3.8) is 0 Å². The van der Waals surface area contributed by atoms with Crippen LogP contribution in [-0.2, 0) is 9.59 Å². The zero-order valence-corrected chi connectivity index (χ0v) is 10.2. The molecule has 0 aliphatic carbocycles. The highest BCUT2D eigenvalue weighted by atomic mass is 32.3. The molecule has 0 saturated carbocycles. The molecule has 1 unspecified atom stereocenters. The third kappa shape index (κ3) is 1.04. The van der Waals surface area contributed by atoms with Gasteiger partial charge in [0.2, 0.25) is 0 Å². The lowest BCUT2D eigenvalue weighted by atomic mass is 10.1. The molecular weight excluding hydrogens is 222 g/mol. The van der Waals surface area contributed by atoms with Gasteiger partial charge < -0.3 is 10.0 Å². The molecule has 0 bridgehead atoms. The normalized spacial score (nSPS) is 33.3. The second-order valence-electron chi connectivity index (χ2n) is 3.80. The highest BCUT2D eigenvalue weighted by Crippen LogP contribution is 2.60. The molecule has 80 valence electrons. The number of amides is 1. The Morgan fingerprint density at radius 3 is 2.14 bits per heavy atom. The second-order valence-corrected chi connectivity index (χ2v) is 8.30. The lowest BCUT2D eigenvalue weighted by Crippen LogP contribution is -2.45. The maximum atomic E-state index is 11.8. The van der Waals surface area contributed by atoms with Crippen molar-refractivity contribution >= 4 is 38.4 Å². The molecule has 14 heavy (non-hydrogen) atoms. The molecular formula is C8H13NO3S2. The average Bonchev–Trinajstić information content (AvgIpc) is 2.20. The van der Waals surface area contributed by atoms with E-state index in [1.165, 1.54) is 18.9 Å². The molecule has 1 rings (SSSR count). The Morgan fingerprint density at radius 2 is 2.00 bits per heavy atom. The molecule has 0 spiro atoms. The maximum absolute atomic E-state index is 11.8. The number of hydrogen-bond acceptors (Lipinski definition) is 3. The molecule has 1 aliphatic heterocycles. The highest BCUT2D eigenvalue weighted by molar-refractivity contribution is 8.51. The van der Waals surface area contributed by atoms with Crippen LogP contribution < -0.4 is 0 Å². The number of carbonyl (C=O) groups is 2. The van der Waals surface area contributed by atoms with Crippen LogP contribution in [0.1, 0.15) is 6.92 Å². The summed E-state index contributed by atoms with van der Waals surface area (Å²) in [6, 6.07) is 0. The molecule has 4 nitrogen and oxygen atoms in total. The first-order chi connectivity index (χ1) is 6.17. The van der Waals surface area contributed by atoms with Gasteiger partial charge in [-0.1, -0.05) is 12.2 Å². The molecule has 1 N–H and O–H groups in total. The minimum atomic E-state index is -1.75. The van der Waals surface area contributed by atoms with E-state index in [1.54, 1.807) is 12.5 Å². The molecule has 0 radical (unpaired) electrons. The van der Waals surface area contributed by atoms with Crippen molar-refractivity contribution in [2.45, 2.75) is 11.7 Å². The Kier molecular flexibility index (Phi) is 2.40. The average molecular weight is 235 g/mol. The van der Waals surface area contributed by atoms with E-state index in [9.17, 15) is 9.59 Å². The standard InChI is InChI=1S/C8H13NO3S2/c1-8(6(11)12)5(10)9(2)7(13)14(8,3)4/h1-4H3,(H,11,12). The molecule has 0 aromatic heterocycles. The van der Waals surface area contributed by atoms with E-state index in [2.05, 4.69) is 0 Å². The Bertz CT molecular complexity index is 339. The predicted molar refractivity (Wildman–Crippen MR) is 60.8 cm³/mol. The summed E-state index contributed by atoms with van der Waals surface area (Å²) in [5, 5.41) is 9.13. The van der Waals surface area contributed by atoms with E-state index in [4.69, 9.17) is 17.3 Å². The summed E-state index contributed by atoms with van der Waals surface area (Å²) >= 11 is 5.10. The number of nitrogens with zero attached hydrogens (tertiary/aromatic N) is 1. The first-order valence-electron chi connectivity index (χ1n) is 3.96. The Balaban J connectivity index is 3.39. The van der Waals surface area contributed by atoms with Gasteiger partial charge in [0, 0.05) is 7.05 Å². The van der Waals surface area contributed by atoms with E-state index >= 15 is 0 Å². The molecule has 1 fully saturated rings. The molecule has 1 amide bonds. The summed E-state index contributed by atoms with van der Waals surface area (Å²) in [5.74, 6) is -1.50. The lowest BCUT2D eigenvalue weighted by Gasteiger charge is -2.35. The van der Waals surface area contributed by atoms with Crippen molar-refractivity contribution in [2.75, 3.05) is 19.6 Å². The van der Waals surface area contributed by atoms with Gasteiger partial charge in [0.25, 0.3) is 5.91 Å². The number of hydrogen-bond donors (Lipinski definition) is 1. The van der Waals surface area contributed by atoms with E-state index in [1.807, 2.05) is 0 Å². The number of carboxylic acid groups (broad SMARTS) is 1. The van der Waals surface area contributed by atoms with Gasteiger partial charge in [-0.2, -0.15) is 10.0 Å². The Hall–Kier alpha value is -0.620. The van der Waals surface area contributed by atoms with Crippen LogP contribution >= 0.6 is 22.2 Å². The van der Waals surface area contributed by atoms with Crippen molar-refractivity contribution in [1.82, 2.24) is 4.90 Å². The fourth-order valence-corrected chi connectivity index (χ4v) is 4.16. The largest absolute Gasteiger partial charge is 0.480 e. The third-order valence-corrected chi connectivity index (χ3v) is 7.91. The SMILES string of the molecule is CN1C(=O)C(C)(C(=O)O)S(C)(C)C1=S. The molecule has 6 heteroatoms. The summed E-state index contributed by atoms with van der Waals surface area (Å²) in [6.07, 6.45) is 3.54. The van der Waals surface area contributed by atoms with Gasteiger partial charge in [-0.15, -0.1) is 0 Å². The number of carboxylic acids is 1. The third-order valence-electron chi connectivity index (χ3n) is 2.85. The van der Waals surface area contributed by atoms with Crippen LogP contribution in [0.3, 0.4) is 0 Å². The van der Waals surface area contributed by atoms with Crippen LogP contribution in [0, 0.1) is 0 Å². The van der Waals surface area contributed by atoms with Crippen LogP contribution in [0.15, 0.2) is 0 Å². The van der Waals surface area contributed by atoms with Crippen molar-refractivity contribution < 1.29 is 14.7 Å². The fourth-order valence-electron chi connectivity index (χ4n) is 1.45. The topological polar surface area (TPSA) is 57.6 Å². The van der Waals surface area contributed by atoms with Gasteiger partial charge in [0.15, 0.2) is 4.75 Å². The fraction of sp³-hybridized carbons (Fsp3) is 0.625. The maximum Gasteiger partial charge on any atom is 0.328 e. The number of aliphatic carboxylic acids is 1. The van der Waals surface area contributed by atoms with Crippen molar-refractivity contribution in [2.24, 2.45) is 0 Å². The minimum absolute atomic E-state index is 0.407. The minimum Gasteiger partial charge on any atom is -0.480 e. The van der Waals surface area contributed by atoms with Crippen LogP contribution in [-0.4, -0.2) is 50.5 Å². The summed E-state index contributed by atoms with van der Waals surface area (Å²) in [6.45, 7) is 1.46. The first kappa shape index (κ1) is 11.5. The van der Waals surface area contributed by atoms with Gasteiger partial charge >= 0.3 is 5.97 Å². The van der Waals surface area contributed by atoms with Crippen LogP contribution in [0.5, 0.6) is 0 Å². The van der Waals surface area contributed by atoms with E-state index in [-0.39, 0.29) is 0 Å². The predicted octanol–water partition coefficient (Wildman–Crippen LogP) is 0.651. The van der Waals surface area contributed by atoms with Crippen molar-refractivity contribution in [3.8, 4) is 0 Å². The van der Waals surface area contributed by atoms with Crippen molar-refractivity contribution in [1.29, 1.82) is 0 Å². The Labute approximate surface area is 89.6 Å². The van der Waals surface area contributed by atoms with Gasteiger partial charge in [-0.25, -0.2) is 0 Å². The number of rotatable bonds is 1. The summed E-state index contributed by atoms with van der Waals surface area (Å²) < 4.78 is -0.897. The molecule has 0 aromatic rings. The molecule has 1 heterocycles. The van der Waals surface area contributed by atoms with Gasteiger partial charge in [0.05, 0.1) is 0 Å². The van der Waals surface area contributed by atoms with E-state index in [0.717, 1.165) is 0 Å². The van der Waals surface area contributed by atoms with Crippen LogP contribution in [0.2, 0.25) is 0 Å². The van der Waals surface area contributed by atoms with E-state index in [0.29, 0.717) is 4.32 Å². The van der Waals surface area contributed by atoms with Crippen LogP contribution in [0.4, 0.5) is 0 Å². The summed E-state index contributed by atoms with van der Waals surface area (Å²) in [5.41, 5.74) is 0. The van der Waals surface area contributed by atoms with Crippen LogP contribution in [0.25, 0.3) is 0 Å². The molecule has 1 atom stereocenters. The zero-order valence-electron chi connectivity index (χ0n) is 8.53. The highest BCUT2D eigenvalue weighted by Gasteiger charge is 2.60. The van der Waals surface area contributed by atoms with Gasteiger partial charge in [0.1, 0.15) is 4.32 Å². The lowest BCUT2D eigenvalue weighted by molar-refractivity contribution is -0.145. The molecule has 1 saturated heterocycles. The van der Waals surface area contributed by atoms with Gasteiger partial charge in [-0.05, 0) is 19.4 Å². The van der Waals surface area contributed by atoms with E-state index < -0.39 is 26.7 Å². The second kappa shape index (κ2) is 2.93. The van der Waals surface area contributed by atoms with Gasteiger partial charge in [-0.3, -0.25) is 9.59 Å².